The molecule has 2 amide bonds. The number of hydrogen-bond donors (Lipinski definition) is 3. The van der Waals surface area contributed by atoms with Crippen molar-refractivity contribution in [3.63, 3.8) is 0 Å². The fourth-order valence-corrected chi connectivity index (χ4v) is 2.85. The summed E-state index contributed by atoms with van der Waals surface area (Å²) in [5, 5.41) is 14.1. The maximum Gasteiger partial charge on any atom is 0.255 e. The quantitative estimate of drug-likeness (QED) is 0.657. The maximum atomic E-state index is 12.7. The summed E-state index contributed by atoms with van der Waals surface area (Å²) in [6.07, 6.45) is 1.73. The predicted octanol–water partition coefficient (Wildman–Crippen LogP) is 1.84. The number of aliphatic hydroxyl groups is 1. The van der Waals surface area contributed by atoms with Gasteiger partial charge in [-0.1, -0.05) is 6.07 Å². The van der Waals surface area contributed by atoms with Crippen LogP contribution in [0.1, 0.15) is 15.9 Å². The highest BCUT2D eigenvalue weighted by atomic mass is 16.5. The van der Waals surface area contributed by atoms with Crippen LogP contribution in [0.15, 0.2) is 42.0 Å². The summed E-state index contributed by atoms with van der Waals surface area (Å²) in [6.45, 7) is 0.118. The molecule has 0 saturated carbocycles. The zero-order chi connectivity index (χ0) is 20.8. The summed E-state index contributed by atoms with van der Waals surface area (Å²) in [7, 11) is 3.08. The van der Waals surface area contributed by atoms with Crippen LogP contribution in [0.4, 0.5) is 5.69 Å². The molecule has 0 saturated heterocycles. The third-order valence-electron chi connectivity index (χ3n) is 4.30. The van der Waals surface area contributed by atoms with Crippen LogP contribution in [-0.4, -0.2) is 50.9 Å². The van der Waals surface area contributed by atoms with E-state index in [0.717, 1.165) is 0 Å². The lowest BCUT2D eigenvalue weighted by atomic mass is 10.1. The van der Waals surface area contributed by atoms with Crippen LogP contribution in [0.2, 0.25) is 0 Å². The van der Waals surface area contributed by atoms with Gasteiger partial charge in [-0.25, -0.2) is 0 Å². The molecular formula is C21H22N2O6. The van der Waals surface area contributed by atoms with E-state index in [4.69, 9.17) is 19.3 Å². The smallest absolute Gasteiger partial charge is 0.255 e. The van der Waals surface area contributed by atoms with Crippen molar-refractivity contribution in [1.82, 2.24) is 5.32 Å². The highest BCUT2D eigenvalue weighted by Crippen LogP contribution is 2.37. The summed E-state index contributed by atoms with van der Waals surface area (Å²) in [5.41, 5.74) is 1.99. The Bertz CT molecular complexity index is 954. The number of carbonyl (C=O) groups is 2. The fraction of sp³-hybridized carbons (Fsp3) is 0.238. The van der Waals surface area contributed by atoms with Crippen LogP contribution in [0.5, 0.6) is 17.2 Å². The minimum Gasteiger partial charge on any atom is -0.493 e. The van der Waals surface area contributed by atoms with E-state index in [1.807, 2.05) is 0 Å². The van der Waals surface area contributed by atoms with E-state index >= 15 is 0 Å². The van der Waals surface area contributed by atoms with Crippen LogP contribution in [0.3, 0.4) is 0 Å². The second kappa shape index (κ2) is 9.11. The summed E-state index contributed by atoms with van der Waals surface area (Å²) >= 11 is 0. The van der Waals surface area contributed by atoms with E-state index in [1.54, 1.807) is 49.6 Å². The lowest BCUT2D eigenvalue weighted by Crippen LogP contribution is -2.26. The minimum atomic E-state index is -0.335. The molecule has 3 rings (SSSR count). The number of nitrogens with one attached hydrogen (secondary N) is 2. The van der Waals surface area contributed by atoms with Gasteiger partial charge in [-0.05, 0) is 30.3 Å². The molecule has 0 bridgehead atoms. The van der Waals surface area contributed by atoms with Gasteiger partial charge in [0, 0.05) is 29.4 Å². The number of ether oxygens (including phenoxy) is 3. The molecule has 1 aliphatic heterocycles. The molecule has 0 fully saturated rings. The Morgan fingerprint density at radius 2 is 1.86 bits per heavy atom. The zero-order valence-corrected chi connectivity index (χ0v) is 16.2. The average molecular weight is 398 g/mol. The summed E-state index contributed by atoms with van der Waals surface area (Å²) < 4.78 is 16.2. The monoisotopic (exact) mass is 398 g/mol. The first-order valence-electron chi connectivity index (χ1n) is 8.95. The predicted molar refractivity (Wildman–Crippen MR) is 108 cm³/mol. The molecule has 0 unspecified atom stereocenters. The average Bonchev–Trinajstić information content (AvgIpc) is 2.76. The van der Waals surface area contributed by atoms with Crippen molar-refractivity contribution in [2.24, 2.45) is 0 Å². The van der Waals surface area contributed by atoms with Crippen molar-refractivity contribution in [2.45, 2.75) is 0 Å². The summed E-state index contributed by atoms with van der Waals surface area (Å²) in [4.78, 5) is 24.7. The molecule has 29 heavy (non-hydrogen) atoms. The second-order valence-electron chi connectivity index (χ2n) is 6.22. The normalized spacial score (nSPS) is 12.2. The first-order chi connectivity index (χ1) is 14.0. The first kappa shape index (κ1) is 20.2. The third-order valence-corrected chi connectivity index (χ3v) is 4.30. The number of hydrogen-bond acceptors (Lipinski definition) is 6. The van der Waals surface area contributed by atoms with Crippen molar-refractivity contribution in [3.8, 4) is 17.2 Å². The summed E-state index contributed by atoms with van der Waals surface area (Å²) in [5.74, 6) is 1.02. The molecule has 0 aromatic heterocycles. The van der Waals surface area contributed by atoms with Crippen LogP contribution in [0.25, 0.3) is 6.08 Å². The van der Waals surface area contributed by atoms with Crippen LogP contribution < -0.4 is 24.8 Å². The maximum absolute atomic E-state index is 12.7. The van der Waals surface area contributed by atoms with E-state index in [9.17, 15) is 9.59 Å². The number of fused-ring (bicyclic) bond motifs is 1. The van der Waals surface area contributed by atoms with E-state index in [1.165, 1.54) is 7.11 Å². The van der Waals surface area contributed by atoms with Gasteiger partial charge in [0.25, 0.3) is 11.8 Å². The van der Waals surface area contributed by atoms with Gasteiger partial charge in [0.2, 0.25) is 0 Å². The van der Waals surface area contributed by atoms with E-state index in [0.29, 0.717) is 39.6 Å². The fourth-order valence-electron chi connectivity index (χ4n) is 2.85. The van der Waals surface area contributed by atoms with Gasteiger partial charge < -0.3 is 30.0 Å². The molecule has 0 aliphatic carbocycles. The molecule has 1 aliphatic rings. The van der Waals surface area contributed by atoms with Gasteiger partial charge in [0.1, 0.15) is 12.4 Å². The standard InChI is InChI=1S/C21H22N2O6/c1-27-18-10-14-8-15(12-29-17(14)11-19(18)28-2)21(26)23-16-5-3-4-13(9-16)20(25)22-6-7-24/h3-5,8-11,24H,6-7,12H2,1-2H3,(H,22,25)(H,23,26). The molecule has 0 radical (unpaired) electrons. The van der Waals surface area contributed by atoms with Gasteiger partial charge >= 0.3 is 0 Å². The van der Waals surface area contributed by atoms with Gasteiger partial charge in [-0.3, -0.25) is 9.59 Å². The van der Waals surface area contributed by atoms with Gasteiger partial charge in [0.05, 0.1) is 26.4 Å². The molecule has 8 heteroatoms. The highest BCUT2D eigenvalue weighted by molar-refractivity contribution is 6.08. The number of anilines is 1. The molecule has 2 aromatic carbocycles. The number of amides is 2. The molecular weight excluding hydrogens is 376 g/mol. The Balaban J connectivity index is 1.77. The zero-order valence-electron chi connectivity index (χ0n) is 16.2. The number of carbonyl (C=O) groups excluding carboxylic acids is 2. The second-order valence-corrected chi connectivity index (χ2v) is 6.22. The Labute approximate surface area is 168 Å². The molecule has 8 nitrogen and oxygen atoms in total. The van der Waals surface area contributed by atoms with Crippen molar-refractivity contribution in [1.29, 1.82) is 0 Å². The minimum absolute atomic E-state index is 0.102. The van der Waals surface area contributed by atoms with E-state index in [-0.39, 0.29) is 31.6 Å². The molecule has 3 N–H and O–H groups in total. The number of methoxy groups -OCH3 is 2. The Kier molecular flexibility index (Phi) is 6.36. The van der Waals surface area contributed by atoms with Gasteiger partial charge in [-0.2, -0.15) is 0 Å². The molecule has 0 atom stereocenters. The molecule has 152 valence electrons. The van der Waals surface area contributed by atoms with Crippen molar-refractivity contribution >= 4 is 23.6 Å². The van der Waals surface area contributed by atoms with Gasteiger partial charge in [0.15, 0.2) is 11.5 Å². The highest BCUT2D eigenvalue weighted by Gasteiger charge is 2.20. The molecule has 0 spiro atoms. The molecule has 1 heterocycles. The Morgan fingerprint density at radius 1 is 1.10 bits per heavy atom. The first-order valence-corrected chi connectivity index (χ1v) is 8.95. The van der Waals surface area contributed by atoms with Crippen molar-refractivity contribution in [3.05, 3.63) is 53.1 Å². The lowest BCUT2D eigenvalue weighted by molar-refractivity contribution is -0.113. The van der Waals surface area contributed by atoms with E-state index < -0.39 is 0 Å². The largest absolute Gasteiger partial charge is 0.493 e. The number of aliphatic hydroxyl groups excluding tert-OH is 1. The topological polar surface area (TPSA) is 106 Å². The van der Waals surface area contributed by atoms with Crippen molar-refractivity contribution < 1.29 is 28.9 Å². The Hall–Kier alpha value is -3.52. The number of benzene rings is 2. The van der Waals surface area contributed by atoms with Crippen LogP contribution >= 0.6 is 0 Å². The van der Waals surface area contributed by atoms with Gasteiger partial charge in [-0.15, -0.1) is 0 Å². The number of rotatable bonds is 7. The Morgan fingerprint density at radius 3 is 2.59 bits per heavy atom. The van der Waals surface area contributed by atoms with E-state index in [2.05, 4.69) is 10.6 Å². The van der Waals surface area contributed by atoms with Crippen LogP contribution in [0, 0.1) is 0 Å². The summed E-state index contributed by atoms with van der Waals surface area (Å²) in [6, 6.07) is 10.0. The lowest BCUT2D eigenvalue weighted by Gasteiger charge is -2.20. The molecule has 2 aromatic rings. The van der Waals surface area contributed by atoms with Crippen molar-refractivity contribution in [2.75, 3.05) is 39.3 Å². The SMILES string of the molecule is COc1cc2c(cc1OC)OCC(C(=O)Nc1cccc(C(=O)NCCO)c1)=C2. The third kappa shape index (κ3) is 4.67. The van der Waals surface area contributed by atoms with Crippen LogP contribution in [-0.2, 0) is 4.79 Å².